The number of allylic oxidation sites excluding steroid dienone is 1. The summed E-state index contributed by atoms with van der Waals surface area (Å²) in [7, 11) is 6.34. The molecule has 31 heteroatoms. The van der Waals surface area contributed by atoms with Gasteiger partial charge in [0, 0.05) is 135 Å². The van der Waals surface area contributed by atoms with Crippen molar-refractivity contribution >= 4 is 109 Å². The first-order valence-corrected chi connectivity index (χ1v) is 36.1. The lowest BCUT2D eigenvalue weighted by atomic mass is 10.1. The van der Waals surface area contributed by atoms with Crippen LogP contribution >= 0.6 is 24.0 Å². The third kappa shape index (κ3) is 20.6. The summed E-state index contributed by atoms with van der Waals surface area (Å²) in [5, 5.41) is 35.5. The summed E-state index contributed by atoms with van der Waals surface area (Å²) in [6.07, 6.45) is 23.5. The van der Waals surface area contributed by atoms with Gasteiger partial charge >= 0.3 is 17.9 Å². The smallest absolute Gasteiger partial charge is 0.341 e. The number of nitrogens with two attached hydrogens (primary N) is 1. The molecule has 29 nitrogen and oxygen atoms in total. The number of esters is 2. The number of aromatic nitrogens is 10. The molecule has 0 spiro atoms. The van der Waals surface area contributed by atoms with Gasteiger partial charge in [0.05, 0.1) is 116 Å². The van der Waals surface area contributed by atoms with Gasteiger partial charge in [0.1, 0.15) is 34.1 Å². The van der Waals surface area contributed by atoms with Crippen LogP contribution in [0.3, 0.4) is 0 Å². The second kappa shape index (κ2) is 38.8. The molecular formula is C80H90Cl2N16O13. The molecule has 0 radical (unpaired) electrons. The summed E-state index contributed by atoms with van der Waals surface area (Å²) in [4.78, 5) is 95.8. The fourth-order valence-corrected chi connectivity index (χ4v) is 12.2. The number of pyridine rings is 4. The van der Waals surface area contributed by atoms with Gasteiger partial charge in [0.15, 0.2) is 0 Å². The van der Waals surface area contributed by atoms with Crippen molar-refractivity contribution in [3.63, 3.8) is 0 Å². The second-order valence-electron chi connectivity index (χ2n) is 26.0. The van der Waals surface area contributed by atoms with Gasteiger partial charge in [-0.2, -0.15) is 15.3 Å². The standard InChI is InChI=1S/C23H25N5O3.C17H17N3O3.C15H13N3O3.C13H12ClNO3.C8H14N2O.C4H8N2.ClH/c1-15-12-25-28(14-15)21-18-11-17(31-2)5-6-20(18)24-13-19(21)23(30)27-9-7-26(8-10-27)22(29)16-3-4-16;1-4-23-17(21)14-9-18-15-6-5-12(22-3)7-13(15)16(14)20-10-11(2)8-19-20;1-9-6-17-18(8-9)14-11-5-10(21-2)3-4-13(11)16-7-12(14)15(19)20;1-3-18-13(16)10-7-15-11-5-4-8(17-2)6-9(11)12(10)14;11-8(7-1-2-7)10-5-3-9-4-6-10;1-4(2-5)3-6;/h5-6,11-14,16H,3-4,7-10H2,1-2H3;5-10H,4H2,1-3H3;3-8H,1-2H3,(H,19,20);4-7H,3H2,1-2H3;7,9H,1-6H2;2-3,5H,6H2,1H3;1H/b;;;;;4-3-,5-2?;. The van der Waals surface area contributed by atoms with E-state index in [4.69, 9.17) is 51.2 Å². The van der Waals surface area contributed by atoms with Crippen molar-refractivity contribution in [2.45, 2.75) is 67.2 Å². The summed E-state index contributed by atoms with van der Waals surface area (Å²) in [6, 6.07) is 21.8. The number of methoxy groups -OCH3 is 4. The molecule has 4 aliphatic rings. The fourth-order valence-electron chi connectivity index (χ4n) is 11.9. The molecule has 9 heterocycles. The van der Waals surface area contributed by atoms with Crippen LogP contribution in [0.15, 0.2) is 147 Å². The highest BCUT2D eigenvalue weighted by Crippen LogP contribution is 2.36. The molecule has 11 aromatic rings. The highest BCUT2D eigenvalue weighted by molar-refractivity contribution is 6.38. The van der Waals surface area contributed by atoms with Gasteiger partial charge in [-0.1, -0.05) is 11.6 Å². The normalized spacial score (nSPS) is 13.7. The Morgan fingerprint density at radius 3 is 1.21 bits per heavy atom. The van der Waals surface area contributed by atoms with Crippen LogP contribution in [0.5, 0.6) is 23.0 Å². The first-order chi connectivity index (χ1) is 53.1. The number of rotatable bonds is 16. The van der Waals surface area contributed by atoms with Crippen LogP contribution in [-0.4, -0.2) is 205 Å². The first kappa shape index (κ1) is 83.0. The molecule has 2 aliphatic carbocycles. The number of aryl methyl sites for hydroxylation is 3. The van der Waals surface area contributed by atoms with E-state index in [-0.39, 0.29) is 41.3 Å². The maximum absolute atomic E-state index is 13.5. The zero-order chi connectivity index (χ0) is 78.7. The molecule has 0 unspecified atom stereocenters. The van der Waals surface area contributed by atoms with Crippen molar-refractivity contribution < 1.29 is 62.3 Å². The molecule has 5 N–H and O–H groups in total. The van der Waals surface area contributed by atoms with Gasteiger partial charge < -0.3 is 64.7 Å². The number of carbonyl (C=O) groups is 6. The number of benzene rings is 4. The molecule has 111 heavy (non-hydrogen) atoms. The monoisotopic (exact) mass is 1550 g/mol. The summed E-state index contributed by atoms with van der Waals surface area (Å²) >= 11 is 6.20. The van der Waals surface area contributed by atoms with Gasteiger partial charge in [-0.3, -0.25) is 34.3 Å². The highest BCUT2D eigenvalue weighted by Gasteiger charge is 2.37. The highest BCUT2D eigenvalue weighted by atomic mass is 35.5. The Kier molecular flexibility index (Phi) is 29.0. The minimum absolute atomic E-state index is 0. The lowest BCUT2D eigenvalue weighted by Crippen LogP contribution is -2.51. The number of halogens is 2. The number of hydrogen-bond acceptors (Lipinski definition) is 22. The van der Waals surface area contributed by atoms with E-state index in [0.717, 1.165) is 95.9 Å². The molecule has 15 rings (SSSR count). The maximum atomic E-state index is 13.5. The fraction of sp³-hybridized carbons (Fsp3) is 0.325. The van der Waals surface area contributed by atoms with Crippen molar-refractivity contribution in [3.05, 3.63) is 191 Å². The number of aromatic carboxylic acids is 1. The van der Waals surface area contributed by atoms with Crippen LogP contribution in [-0.2, 0) is 19.1 Å². The Balaban J connectivity index is 0.000000161. The predicted octanol–water partition coefficient (Wildman–Crippen LogP) is 11.6. The van der Waals surface area contributed by atoms with Gasteiger partial charge in [0.25, 0.3) is 5.91 Å². The van der Waals surface area contributed by atoms with E-state index in [0.29, 0.717) is 129 Å². The number of carboxylic acids is 1. The number of amides is 3. The van der Waals surface area contributed by atoms with Crippen molar-refractivity contribution in [2.75, 3.05) is 94.0 Å². The van der Waals surface area contributed by atoms with Crippen molar-refractivity contribution in [2.24, 2.45) is 17.6 Å². The van der Waals surface area contributed by atoms with E-state index in [2.05, 4.69) is 40.5 Å². The molecule has 0 atom stereocenters. The predicted molar refractivity (Wildman–Crippen MR) is 424 cm³/mol. The molecule has 7 aromatic heterocycles. The van der Waals surface area contributed by atoms with Crippen molar-refractivity contribution in [1.29, 1.82) is 5.41 Å². The van der Waals surface area contributed by atoms with Crippen LogP contribution in [0.4, 0.5) is 0 Å². The Bertz CT molecular complexity index is 5200. The van der Waals surface area contributed by atoms with E-state index in [9.17, 15) is 33.9 Å². The van der Waals surface area contributed by atoms with E-state index >= 15 is 0 Å². The third-order valence-corrected chi connectivity index (χ3v) is 18.5. The molecule has 582 valence electrons. The number of nitrogens with zero attached hydrogens (tertiary/aromatic N) is 13. The number of carbonyl (C=O) groups excluding carboxylic acids is 5. The number of hydrogen-bond donors (Lipinski definition) is 4. The van der Waals surface area contributed by atoms with Crippen LogP contribution in [0.1, 0.15) is 105 Å². The molecular weight excluding hydrogens is 1460 g/mol. The largest absolute Gasteiger partial charge is 0.497 e. The topological polar surface area (TPSA) is 355 Å². The number of nitrogens with one attached hydrogen (secondary N) is 2. The van der Waals surface area contributed by atoms with Crippen molar-refractivity contribution in [3.8, 4) is 40.1 Å². The van der Waals surface area contributed by atoms with Crippen LogP contribution < -0.4 is 30.0 Å². The zero-order valence-corrected chi connectivity index (χ0v) is 65.0. The molecule has 0 bridgehead atoms. The lowest BCUT2D eigenvalue weighted by molar-refractivity contribution is -0.134. The summed E-state index contributed by atoms with van der Waals surface area (Å²) in [5.41, 5.74) is 14.6. The van der Waals surface area contributed by atoms with Crippen LogP contribution in [0.2, 0.25) is 5.02 Å². The molecule has 4 aromatic carbocycles. The van der Waals surface area contributed by atoms with E-state index in [1.54, 1.807) is 136 Å². The lowest BCUT2D eigenvalue weighted by Gasteiger charge is -2.35. The average molecular weight is 1550 g/mol. The minimum Gasteiger partial charge on any atom is -0.497 e. The zero-order valence-electron chi connectivity index (χ0n) is 63.4. The summed E-state index contributed by atoms with van der Waals surface area (Å²) < 4.78 is 36.1. The second-order valence-corrected chi connectivity index (χ2v) is 26.4. The quantitative estimate of drug-likeness (QED) is 0.0515. The van der Waals surface area contributed by atoms with E-state index in [1.165, 1.54) is 31.0 Å². The summed E-state index contributed by atoms with van der Waals surface area (Å²) in [6.45, 7) is 17.6. The van der Waals surface area contributed by atoms with E-state index < -0.39 is 17.9 Å². The Morgan fingerprint density at radius 1 is 0.514 bits per heavy atom. The molecule has 4 fully saturated rings. The third-order valence-electron chi connectivity index (χ3n) is 18.1. The molecule has 2 aliphatic heterocycles. The molecule has 2 saturated carbocycles. The van der Waals surface area contributed by atoms with Gasteiger partial charge in [-0.25, -0.2) is 28.4 Å². The minimum atomic E-state index is -1.05. The van der Waals surface area contributed by atoms with Gasteiger partial charge in [-0.05, 0) is 168 Å². The molecule has 2 saturated heterocycles. The van der Waals surface area contributed by atoms with Gasteiger partial charge in [-0.15, -0.1) is 12.4 Å². The molecule has 3 amide bonds. The van der Waals surface area contributed by atoms with Crippen LogP contribution in [0, 0.1) is 38.0 Å². The number of fused-ring (bicyclic) bond motifs is 4. The van der Waals surface area contributed by atoms with Crippen LogP contribution in [0.25, 0.3) is 60.7 Å². The summed E-state index contributed by atoms with van der Waals surface area (Å²) in [5.74, 6) is 1.86. The number of ether oxygens (including phenoxy) is 6. The number of carboxylic acid groups (broad SMARTS) is 1. The van der Waals surface area contributed by atoms with Crippen molar-refractivity contribution in [1.82, 2.24) is 69.3 Å². The average Bonchev–Trinajstić information content (AvgIpc) is 1.75. The Labute approximate surface area is 652 Å². The van der Waals surface area contributed by atoms with Gasteiger partial charge in [0.2, 0.25) is 11.8 Å². The first-order valence-electron chi connectivity index (χ1n) is 35.8. The SMILES string of the molecule is C/C(C=N)=C/N.CCOC(=O)c1cnc2ccc(OC)cc2c1-n1cc(C)cn1.CCOC(=O)c1cnc2ccc(OC)cc2c1Cl.COc1ccc2ncc(C(=O)N3CCN(C(=O)C4CC4)CC3)c(-n3cc(C)cn3)c2c1.COc1ccc2ncc(C(=O)O)c(-n3cc(C)cn3)c2c1.Cl.O=C(C1CC1)N1CCNCC1. The Hall–Kier alpha value is -12.1. The van der Waals surface area contributed by atoms with E-state index in [1.807, 2.05) is 79.4 Å². The Morgan fingerprint density at radius 2 is 0.856 bits per heavy atom. The number of piperazine rings is 2. The maximum Gasteiger partial charge on any atom is 0.341 e.